The zero-order chi connectivity index (χ0) is 25.7. The second-order valence-corrected chi connectivity index (χ2v) is 7.79. The van der Waals surface area contributed by atoms with Crippen molar-refractivity contribution >= 4 is 17.3 Å². The number of halogens is 3. The molecule has 0 radical (unpaired) electrons. The highest BCUT2D eigenvalue weighted by Crippen LogP contribution is 2.33. The van der Waals surface area contributed by atoms with E-state index in [1.54, 1.807) is 18.2 Å². The van der Waals surface area contributed by atoms with Crippen molar-refractivity contribution in [3.8, 4) is 16.9 Å². The van der Waals surface area contributed by atoms with Crippen molar-refractivity contribution < 1.29 is 27.6 Å². The van der Waals surface area contributed by atoms with Crippen molar-refractivity contribution in [3.05, 3.63) is 124 Å². The first-order valence-corrected chi connectivity index (χ1v) is 10.8. The van der Waals surface area contributed by atoms with Crippen molar-refractivity contribution in [3.63, 3.8) is 0 Å². The van der Waals surface area contributed by atoms with Gasteiger partial charge < -0.3 is 10.1 Å². The van der Waals surface area contributed by atoms with Gasteiger partial charge in [0.15, 0.2) is 0 Å². The minimum absolute atomic E-state index is 0.0423. The summed E-state index contributed by atoms with van der Waals surface area (Å²) in [4.78, 5) is 24.1. The maximum absolute atomic E-state index is 13.1. The summed E-state index contributed by atoms with van der Waals surface area (Å²) < 4.78 is 44.4. The highest BCUT2D eigenvalue weighted by Gasteiger charge is 2.30. The fourth-order valence-electron chi connectivity index (χ4n) is 3.56. The number of nitro groups is 1. The molecule has 6 nitrogen and oxygen atoms in total. The smallest absolute Gasteiger partial charge is 0.416 e. The van der Waals surface area contributed by atoms with E-state index in [1.807, 2.05) is 30.3 Å². The molecule has 0 aromatic heterocycles. The first kappa shape index (κ1) is 24.5. The maximum Gasteiger partial charge on any atom is 0.416 e. The molecular formula is C27H19F3N2O4. The fraction of sp³-hybridized carbons (Fsp3) is 0.0741. The van der Waals surface area contributed by atoms with E-state index in [0.717, 1.165) is 17.7 Å². The molecule has 4 rings (SSSR count). The number of nitrogens with zero attached hydrogens (tertiary/aromatic N) is 1. The Balaban J connectivity index is 1.57. The average molecular weight is 492 g/mol. The number of rotatable bonds is 7. The molecule has 0 fully saturated rings. The van der Waals surface area contributed by atoms with Gasteiger partial charge in [0, 0.05) is 5.56 Å². The van der Waals surface area contributed by atoms with Crippen LogP contribution < -0.4 is 10.1 Å². The zero-order valence-electron chi connectivity index (χ0n) is 18.7. The van der Waals surface area contributed by atoms with Gasteiger partial charge in [-0.2, -0.15) is 13.2 Å². The van der Waals surface area contributed by atoms with Gasteiger partial charge in [0.2, 0.25) is 0 Å². The van der Waals surface area contributed by atoms with Crippen LogP contribution in [0.15, 0.2) is 97.1 Å². The van der Waals surface area contributed by atoms with E-state index in [2.05, 4.69) is 5.32 Å². The molecule has 0 saturated carbocycles. The second kappa shape index (κ2) is 10.3. The van der Waals surface area contributed by atoms with E-state index in [4.69, 9.17) is 4.74 Å². The molecule has 0 spiro atoms. The number of nitrogens with one attached hydrogen (secondary N) is 1. The predicted molar refractivity (Wildman–Crippen MR) is 129 cm³/mol. The minimum atomic E-state index is -4.48. The van der Waals surface area contributed by atoms with E-state index in [1.165, 1.54) is 36.4 Å². The number of amides is 1. The maximum atomic E-state index is 13.1. The minimum Gasteiger partial charge on any atom is -0.489 e. The Hall–Kier alpha value is -4.66. The van der Waals surface area contributed by atoms with Crippen LogP contribution in [0.25, 0.3) is 11.1 Å². The summed E-state index contributed by atoms with van der Waals surface area (Å²) in [5.41, 5.74) is 0.606. The quantitative estimate of drug-likeness (QED) is 0.220. The Morgan fingerprint density at radius 3 is 2.22 bits per heavy atom. The molecule has 4 aromatic carbocycles. The summed E-state index contributed by atoms with van der Waals surface area (Å²) in [6.45, 7) is 0.213. The molecule has 0 aliphatic heterocycles. The van der Waals surface area contributed by atoms with Gasteiger partial charge in [-0.25, -0.2) is 0 Å². The van der Waals surface area contributed by atoms with Crippen molar-refractivity contribution in [1.82, 2.24) is 0 Å². The van der Waals surface area contributed by atoms with Crippen LogP contribution in [0.3, 0.4) is 0 Å². The van der Waals surface area contributed by atoms with Crippen LogP contribution in [0.4, 0.5) is 24.5 Å². The summed E-state index contributed by atoms with van der Waals surface area (Å²) in [6.07, 6.45) is -4.48. The number of hydrogen-bond donors (Lipinski definition) is 1. The summed E-state index contributed by atoms with van der Waals surface area (Å²) in [6, 6.07) is 24.1. The molecule has 0 atom stereocenters. The topological polar surface area (TPSA) is 81.5 Å². The van der Waals surface area contributed by atoms with Crippen LogP contribution in [0.5, 0.6) is 5.75 Å². The molecule has 9 heteroatoms. The van der Waals surface area contributed by atoms with Crippen LogP contribution >= 0.6 is 0 Å². The number of ether oxygens (including phenoxy) is 1. The molecule has 0 heterocycles. The van der Waals surface area contributed by atoms with Gasteiger partial charge in [0.25, 0.3) is 11.6 Å². The van der Waals surface area contributed by atoms with E-state index in [-0.39, 0.29) is 29.3 Å². The number of carbonyl (C=O) groups is 1. The van der Waals surface area contributed by atoms with E-state index in [0.29, 0.717) is 11.1 Å². The molecule has 0 bridgehead atoms. The van der Waals surface area contributed by atoms with Gasteiger partial charge >= 0.3 is 6.18 Å². The highest BCUT2D eigenvalue weighted by atomic mass is 19.4. The van der Waals surface area contributed by atoms with Crippen LogP contribution in [-0.2, 0) is 12.8 Å². The Bertz CT molecular complexity index is 1390. The molecule has 0 unspecified atom stereocenters. The van der Waals surface area contributed by atoms with Gasteiger partial charge in [-0.1, -0.05) is 60.7 Å². The third-order valence-corrected chi connectivity index (χ3v) is 5.36. The predicted octanol–water partition coefficient (Wildman–Crippen LogP) is 7.11. The van der Waals surface area contributed by atoms with Gasteiger partial charge in [-0.3, -0.25) is 14.9 Å². The molecular weight excluding hydrogens is 473 g/mol. The van der Waals surface area contributed by atoms with Gasteiger partial charge in [-0.15, -0.1) is 0 Å². The molecule has 4 aromatic rings. The standard InChI is InChI=1S/C27H19F3N2O4/c28-27(29,30)20-12-10-19(11-13-20)22-8-4-5-9-23(22)26(33)31-24-15-14-21(16-25(24)32(34)35)36-17-18-6-2-1-3-7-18/h1-16H,17H2,(H,31,33). The van der Waals surface area contributed by atoms with Crippen molar-refractivity contribution in [2.75, 3.05) is 5.32 Å². The first-order chi connectivity index (χ1) is 17.2. The third-order valence-electron chi connectivity index (χ3n) is 5.36. The monoisotopic (exact) mass is 492 g/mol. The molecule has 36 heavy (non-hydrogen) atoms. The van der Waals surface area contributed by atoms with Crippen LogP contribution in [0.1, 0.15) is 21.5 Å². The van der Waals surface area contributed by atoms with Crippen molar-refractivity contribution in [2.45, 2.75) is 12.8 Å². The number of nitro benzene ring substituents is 1. The molecule has 1 N–H and O–H groups in total. The first-order valence-electron chi connectivity index (χ1n) is 10.8. The number of carbonyl (C=O) groups excluding carboxylic acids is 1. The second-order valence-electron chi connectivity index (χ2n) is 7.79. The largest absolute Gasteiger partial charge is 0.489 e. The normalized spacial score (nSPS) is 11.1. The third kappa shape index (κ3) is 5.69. The summed E-state index contributed by atoms with van der Waals surface area (Å²) in [7, 11) is 0. The van der Waals surface area contributed by atoms with E-state index < -0.39 is 22.6 Å². The van der Waals surface area contributed by atoms with Crippen LogP contribution in [0.2, 0.25) is 0 Å². The molecule has 1 amide bonds. The van der Waals surface area contributed by atoms with Crippen molar-refractivity contribution in [1.29, 1.82) is 0 Å². The summed E-state index contributed by atoms with van der Waals surface area (Å²) >= 11 is 0. The Morgan fingerprint density at radius 1 is 0.889 bits per heavy atom. The lowest BCUT2D eigenvalue weighted by atomic mass is 9.98. The Labute approximate surface area is 204 Å². The van der Waals surface area contributed by atoms with Crippen LogP contribution in [-0.4, -0.2) is 10.8 Å². The van der Waals surface area contributed by atoms with Gasteiger partial charge in [0.05, 0.1) is 16.6 Å². The van der Waals surface area contributed by atoms with Gasteiger partial charge in [-0.05, 0) is 47.0 Å². The molecule has 0 aliphatic carbocycles. The number of hydrogen-bond acceptors (Lipinski definition) is 4. The van der Waals surface area contributed by atoms with Crippen molar-refractivity contribution in [2.24, 2.45) is 0 Å². The lowest BCUT2D eigenvalue weighted by molar-refractivity contribution is -0.384. The summed E-state index contributed by atoms with van der Waals surface area (Å²) in [5, 5.41) is 14.2. The number of alkyl halides is 3. The zero-order valence-corrected chi connectivity index (χ0v) is 18.7. The lowest BCUT2D eigenvalue weighted by Gasteiger charge is -2.13. The SMILES string of the molecule is O=C(Nc1ccc(OCc2ccccc2)cc1[N+](=O)[O-])c1ccccc1-c1ccc(C(F)(F)F)cc1. The summed E-state index contributed by atoms with van der Waals surface area (Å²) in [5.74, 6) is -0.389. The number of benzene rings is 4. The molecule has 182 valence electrons. The lowest BCUT2D eigenvalue weighted by Crippen LogP contribution is -2.14. The van der Waals surface area contributed by atoms with Gasteiger partial charge in [0.1, 0.15) is 18.0 Å². The fourth-order valence-corrected chi connectivity index (χ4v) is 3.56. The van der Waals surface area contributed by atoms with E-state index in [9.17, 15) is 28.1 Å². The Kier molecular flexibility index (Phi) is 7.00. The Morgan fingerprint density at radius 2 is 1.56 bits per heavy atom. The molecule has 0 aliphatic rings. The average Bonchev–Trinajstić information content (AvgIpc) is 2.88. The highest BCUT2D eigenvalue weighted by molar-refractivity contribution is 6.09. The van der Waals surface area contributed by atoms with Crippen LogP contribution in [0, 0.1) is 10.1 Å². The molecule has 0 saturated heterocycles. The number of anilines is 1. The van der Waals surface area contributed by atoms with E-state index >= 15 is 0 Å².